The van der Waals surface area contributed by atoms with Crippen molar-refractivity contribution in [3.63, 3.8) is 0 Å². The van der Waals surface area contributed by atoms with Gasteiger partial charge in [-0.15, -0.1) is 0 Å². The van der Waals surface area contributed by atoms with Crippen LogP contribution in [0.4, 0.5) is 4.79 Å². The summed E-state index contributed by atoms with van der Waals surface area (Å²) in [6, 6.07) is 6.24. The highest BCUT2D eigenvalue weighted by Gasteiger charge is 2.43. The first kappa shape index (κ1) is 16.9. The fourth-order valence-corrected chi connectivity index (χ4v) is 2.52. The molecule has 0 bridgehead atoms. The highest BCUT2D eigenvalue weighted by molar-refractivity contribution is 6.20. The molecule has 1 aromatic rings. The predicted octanol–water partition coefficient (Wildman–Crippen LogP) is 1.61. The van der Waals surface area contributed by atoms with Gasteiger partial charge in [-0.3, -0.25) is 9.59 Å². The number of imide groups is 1. The molecule has 132 valence electrons. The molecule has 8 nitrogen and oxygen atoms in total. The van der Waals surface area contributed by atoms with Crippen LogP contribution in [0.15, 0.2) is 24.3 Å². The van der Waals surface area contributed by atoms with E-state index in [4.69, 9.17) is 9.57 Å². The lowest BCUT2D eigenvalue weighted by Gasteiger charge is -2.38. The van der Waals surface area contributed by atoms with E-state index in [1.807, 2.05) is 0 Å². The molecule has 2 aliphatic rings. The quantitative estimate of drug-likeness (QED) is 0.755. The number of carbonyl (C=O) groups is 4. The third-order valence-corrected chi connectivity index (χ3v) is 3.80. The van der Waals surface area contributed by atoms with Crippen molar-refractivity contribution in [2.24, 2.45) is 5.92 Å². The molecule has 0 aliphatic carbocycles. The van der Waals surface area contributed by atoms with Crippen molar-refractivity contribution in [1.29, 1.82) is 0 Å². The molecular formula is C17H18N2O6. The molecule has 1 fully saturated rings. The van der Waals surface area contributed by atoms with Gasteiger partial charge in [0.15, 0.2) is 0 Å². The van der Waals surface area contributed by atoms with E-state index in [1.165, 1.54) is 17.0 Å². The molecule has 0 radical (unpaired) electrons. The molecule has 2 heterocycles. The summed E-state index contributed by atoms with van der Waals surface area (Å²) in [7, 11) is 0. The van der Waals surface area contributed by atoms with Crippen LogP contribution >= 0.6 is 0 Å². The van der Waals surface area contributed by atoms with Crippen LogP contribution in [-0.4, -0.2) is 52.5 Å². The summed E-state index contributed by atoms with van der Waals surface area (Å²) in [5.41, 5.74) is -0.225. The molecule has 8 heteroatoms. The fraction of sp³-hybridized carbons (Fsp3) is 0.412. The maximum Gasteiger partial charge on any atom is 0.410 e. The monoisotopic (exact) mass is 346 g/mol. The summed E-state index contributed by atoms with van der Waals surface area (Å²) in [6.07, 6.45) is -0.516. The minimum Gasteiger partial charge on any atom is -0.444 e. The minimum absolute atomic E-state index is 0.122. The molecule has 3 amide bonds. The SMILES string of the molecule is CC(C)(C)OC(=O)N1CC(C(=O)ON2C(=O)c3ccccc3C2=O)C1. The molecule has 2 aliphatic heterocycles. The third kappa shape index (κ3) is 3.19. The molecular weight excluding hydrogens is 328 g/mol. The van der Waals surface area contributed by atoms with Crippen LogP contribution in [0, 0.1) is 5.92 Å². The Hall–Kier alpha value is -2.90. The Morgan fingerprint density at radius 3 is 2.04 bits per heavy atom. The highest BCUT2D eigenvalue weighted by Crippen LogP contribution is 2.25. The Kier molecular flexibility index (Phi) is 3.98. The lowest BCUT2D eigenvalue weighted by Crippen LogP contribution is -2.55. The van der Waals surface area contributed by atoms with Gasteiger partial charge in [-0.2, -0.15) is 0 Å². The van der Waals surface area contributed by atoms with Crippen molar-refractivity contribution in [3.8, 4) is 0 Å². The molecule has 0 aromatic heterocycles. The third-order valence-electron chi connectivity index (χ3n) is 3.80. The van der Waals surface area contributed by atoms with Gasteiger partial charge in [-0.05, 0) is 32.9 Å². The van der Waals surface area contributed by atoms with E-state index in [0.29, 0.717) is 5.06 Å². The van der Waals surface area contributed by atoms with E-state index in [9.17, 15) is 19.2 Å². The van der Waals surface area contributed by atoms with Gasteiger partial charge in [0, 0.05) is 13.1 Å². The maximum absolute atomic E-state index is 12.1. The Labute approximate surface area is 144 Å². The molecule has 0 spiro atoms. The number of carbonyl (C=O) groups excluding carboxylic acids is 4. The topological polar surface area (TPSA) is 93.2 Å². The number of hydrogen-bond donors (Lipinski definition) is 0. The van der Waals surface area contributed by atoms with Crippen molar-refractivity contribution < 1.29 is 28.8 Å². The zero-order valence-corrected chi connectivity index (χ0v) is 14.1. The van der Waals surface area contributed by atoms with Crippen LogP contribution in [-0.2, 0) is 14.4 Å². The second-order valence-electron chi connectivity index (χ2n) is 6.94. The number of hydroxylamine groups is 2. The first-order valence-corrected chi connectivity index (χ1v) is 7.85. The second-order valence-corrected chi connectivity index (χ2v) is 6.94. The largest absolute Gasteiger partial charge is 0.444 e. The first-order chi connectivity index (χ1) is 11.7. The number of likely N-dealkylation sites (tertiary alicyclic amines) is 1. The zero-order chi connectivity index (χ0) is 18.4. The molecule has 1 aromatic carbocycles. The van der Waals surface area contributed by atoms with E-state index < -0.39 is 35.4 Å². The maximum atomic E-state index is 12.1. The summed E-state index contributed by atoms with van der Waals surface area (Å²) in [4.78, 5) is 54.6. The normalized spacial score (nSPS) is 17.2. The number of hydrogen-bond acceptors (Lipinski definition) is 6. The Morgan fingerprint density at radius 2 is 1.56 bits per heavy atom. The van der Waals surface area contributed by atoms with Gasteiger partial charge in [-0.25, -0.2) is 9.59 Å². The average molecular weight is 346 g/mol. The lowest BCUT2D eigenvalue weighted by molar-refractivity contribution is -0.178. The van der Waals surface area contributed by atoms with Gasteiger partial charge in [0.05, 0.1) is 17.0 Å². The Balaban J connectivity index is 1.56. The van der Waals surface area contributed by atoms with Crippen molar-refractivity contribution in [1.82, 2.24) is 9.96 Å². The number of benzene rings is 1. The van der Waals surface area contributed by atoms with E-state index in [2.05, 4.69) is 0 Å². The van der Waals surface area contributed by atoms with Crippen molar-refractivity contribution in [2.45, 2.75) is 26.4 Å². The van der Waals surface area contributed by atoms with E-state index in [1.54, 1.807) is 32.9 Å². The molecule has 0 N–H and O–H groups in total. The number of fused-ring (bicyclic) bond motifs is 1. The van der Waals surface area contributed by atoms with Crippen molar-refractivity contribution in [2.75, 3.05) is 13.1 Å². The lowest BCUT2D eigenvalue weighted by atomic mass is 10.0. The molecule has 0 saturated carbocycles. The van der Waals surface area contributed by atoms with Crippen LogP contribution in [0.2, 0.25) is 0 Å². The highest BCUT2D eigenvalue weighted by atomic mass is 16.7. The summed E-state index contributed by atoms with van der Waals surface area (Å²) in [5, 5.41) is 0.475. The molecule has 1 saturated heterocycles. The second kappa shape index (κ2) is 5.87. The minimum atomic E-state index is -0.727. The summed E-state index contributed by atoms with van der Waals surface area (Å²) >= 11 is 0. The van der Waals surface area contributed by atoms with Crippen molar-refractivity contribution in [3.05, 3.63) is 35.4 Å². The Morgan fingerprint density at radius 1 is 1.04 bits per heavy atom. The number of nitrogens with zero attached hydrogens (tertiary/aromatic N) is 2. The molecule has 25 heavy (non-hydrogen) atoms. The van der Waals surface area contributed by atoms with E-state index in [0.717, 1.165) is 0 Å². The van der Waals surface area contributed by atoms with Crippen LogP contribution in [0.5, 0.6) is 0 Å². The van der Waals surface area contributed by atoms with Gasteiger partial charge < -0.3 is 14.5 Å². The molecule has 0 atom stereocenters. The molecule has 3 rings (SSSR count). The van der Waals surface area contributed by atoms with Gasteiger partial charge in [0.25, 0.3) is 11.8 Å². The predicted molar refractivity (Wildman–Crippen MR) is 84.3 cm³/mol. The van der Waals surface area contributed by atoms with Crippen LogP contribution in [0.1, 0.15) is 41.5 Å². The standard InChI is InChI=1S/C17H18N2O6/c1-17(2,3)24-16(23)18-8-10(9-18)15(22)25-19-13(20)11-6-4-5-7-12(11)14(19)21/h4-7,10H,8-9H2,1-3H3. The van der Waals surface area contributed by atoms with Crippen molar-refractivity contribution >= 4 is 23.9 Å². The van der Waals surface area contributed by atoms with Gasteiger partial charge >= 0.3 is 12.1 Å². The number of amides is 3. The Bertz CT molecular complexity index is 726. The average Bonchev–Trinajstić information content (AvgIpc) is 2.69. The fourth-order valence-electron chi connectivity index (χ4n) is 2.52. The number of rotatable bonds is 2. The zero-order valence-electron chi connectivity index (χ0n) is 14.1. The van der Waals surface area contributed by atoms with E-state index >= 15 is 0 Å². The van der Waals surface area contributed by atoms with E-state index in [-0.39, 0.29) is 24.2 Å². The summed E-state index contributed by atoms with van der Waals surface area (Å²) in [6.45, 7) is 5.49. The summed E-state index contributed by atoms with van der Waals surface area (Å²) in [5.74, 6) is -2.67. The van der Waals surface area contributed by atoms with Crippen LogP contribution in [0.3, 0.4) is 0 Å². The summed E-state index contributed by atoms with van der Waals surface area (Å²) < 4.78 is 5.20. The number of ether oxygens (including phenoxy) is 1. The van der Waals surface area contributed by atoms with Gasteiger partial charge in [0.1, 0.15) is 5.60 Å². The van der Waals surface area contributed by atoms with Gasteiger partial charge in [-0.1, -0.05) is 17.2 Å². The van der Waals surface area contributed by atoms with Gasteiger partial charge in [0.2, 0.25) is 0 Å². The van der Waals surface area contributed by atoms with Crippen LogP contribution in [0.25, 0.3) is 0 Å². The first-order valence-electron chi connectivity index (χ1n) is 7.85. The molecule has 0 unspecified atom stereocenters. The smallest absolute Gasteiger partial charge is 0.410 e. The van der Waals surface area contributed by atoms with Crippen LogP contribution < -0.4 is 0 Å².